The lowest BCUT2D eigenvalue weighted by molar-refractivity contribution is -0.0557. The molecule has 0 spiro atoms. The first kappa shape index (κ1) is 20.2. The molecule has 7 heteroatoms. The van der Waals surface area contributed by atoms with Crippen LogP contribution in [0.4, 0.5) is 5.69 Å². The highest BCUT2D eigenvalue weighted by atomic mass is 32.2. The van der Waals surface area contributed by atoms with Crippen molar-refractivity contribution in [1.29, 1.82) is 0 Å². The van der Waals surface area contributed by atoms with Gasteiger partial charge in [0, 0.05) is 18.1 Å². The molecule has 0 saturated heterocycles. The normalized spacial score (nSPS) is 18.2. The highest BCUT2D eigenvalue weighted by Gasteiger charge is 2.33. The summed E-state index contributed by atoms with van der Waals surface area (Å²) < 4.78 is 0. The van der Waals surface area contributed by atoms with E-state index >= 15 is 0 Å². The Balaban J connectivity index is 2.08. The Labute approximate surface area is 169 Å². The third-order valence-electron chi connectivity index (χ3n) is 4.85. The molecule has 0 aromatic carbocycles. The Morgan fingerprint density at radius 1 is 1.30 bits per heavy atom. The summed E-state index contributed by atoms with van der Waals surface area (Å²) in [5.74, 6) is 1.67. The molecule has 0 radical (unpaired) electrons. The van der Waals surface area contributed by atoms with Gasteiger partial charge in [-0.2, -0.15) is 0 Å². The predicted molar refractivity (Wildman–Crippen MR) is 118 cm³/mol. The number of aryl methyl sites for hydroxylation is 2. The van der Waals surface area contributed by atoms with Crippen molar-refractivity contribution in [2.75, 3.05) is 18.5 Å². The van der Waals surface area contributed by atoms with Gasteiger partial charge >= 0.3 is 0 Å². The Kier molecular flexibility index (Phi) is 6.13. The van der Waals surface area contributed by atoms with Gasteiger partial charge in [-0.25, -0.2) is 9.98 Å². The summed E-state index contributed by atoms with van der Waals surface area (Å²) in [6.07, 6.45) is 3.80. The maximum Gasteiger partial charge on any atom is 0.249 e. The number of hydrogen-bond acceptors (Lipinski definition) is 7. The standard InChI is InChI=1S/C20H28N4OS2/c1-7-10-14(26-9-3)19-23-18(24(6)25-19)17-16(21)15-12(5)11(4)13(8-2)22-20(15)27-17/h10,18H,7-9,21H2,1-6H3/b14-10-. The van der Waals surface area contributed by atoms with E-state index in [0.717, 1.165) is 50.0 Å². The lowest BCUT2D eigenvalue weighted by Gasteiger charge is -2.15. The molecule has 5 nitrogen and oxygen atoms in total. The van der Waals surface area contributed by atoms with Crippen LogP contribution in [-0.4, -0.2) is 28.7 Å². The van der Waals surface area contributed by atoms with Crippen LogP contribution in [0.25, 0.3) is 10.2 Å². The zero-order valence-corrected chi connectivity index (χ0v) is 18.6. The van der Waals surface area contributed by atoms with Crippen molar-refractivity contribution in [3.8, 4) is 0 Å². The van der Waals surface area contributed by atoms with Crippen LogP contribution in [0.1, 0.15) is 55.1 Å². The number of allylic oxidation sites excluding steroid dienone is 1. The Morgan fingerprint density at radius 2 is 2.04 bits per heavy atom. The fraction of sp³-hybridized carbons (Fsp3) is 0.500. The van der Waals surface area contributed by atoms with Crippen LogP contribution in [0.15, 0.2) is 16.0 Å². The molecule has 1 atom stereocenters. The molecule has 0 fully saturated rings. The van der Waals surface area contributed by atoms with Gasteiger partial charge in [-0.1, -0.05) is 26.8 Å². The maximum absolute atomic E-state index is 6.58. The molecule has 3 heterocycles. The monoisotopic (exact) mass is 404 g/mol. The summed E-state index contributed by atoms with van der Waals surface area (Å²) >= 11 is 3.38. The fourth-order valence-corrected chi connectivity index (χ4v) is 5.38. The highest BCUT2D eigenvalue weighted by Crippen LogP contribution is 2.43. The van der Waals surface area contributed by atoms with Crippen molar-refractivity contribution in [2.45, 2.75) is 53.6 Å². The molecule has 2 aromatic rings. The van der Waals surface area contributed by atoms with Crippen LogP contribution in [-0.2, 0) is 11.3 Å². The lowest BCUT2D eigenvalue weighted by Crippen LogP contribution is -2.19. The van der Waals surface area contributed by atoms with Crippen molar-refractivity contribution in [2.24, 2.45) is 4.99 Å². The third kappa shape index (κ3) is 3.60. The zero-order chi connectivity index (χ0) is 19.7. The molecule has 1 unspecified atom stereocenters. The van der Waals surface area contributed by atoms with Crippen LogP contribution in [0.2, 0.25) is 0 Å². The minimum absolute atomic E-state index is 0.235. The summed E-state index contributed by atoms with van der Waals surface area (Å²) in [6, 6.07) is 0. The first-order chi connectivity index (χ1) is 12.9. The number of fused-ring (bicyclic) bond motifs is 1. The molecular formula is C20H28N4OS2. The maximum atomic E-state index is 6.58. The average molecular weight is 405 g/mol. The van der Waals surface area contributed by atoms with E-state index in [1.165, 1.54) is 11.1 Å². The first-order valence-corrected chi connectivity index (χ1v) is 11.2. The van der Waals surface area contributed by atoms with Crippen LogP contribution in [0, 0.1) is 13.8 Å². The van der Waals surface area contributed by atoms with Gasteiger partial charge in [0.2, 0.25) is 5.90 Å². The predicted octanol–water partition coefficient (Wildman–Crippen LogP) is 5.38. The van der Waals surface area contributed by atoms with Crippen molar-refractivity contribution < 1.29 is 4.84 Å². The summed E-state index contributed by atoms with van der Waals surface area (Å²) in [4.78, 5) is 18.8. The number of anilines is 1. The van der Waals surface area contributed by atoms with E-state index in [0.29, 0.717) is 5.90 Å². The second-order valence-corrected chi connectivity index (χ2v) is 8.91. The molecule has 1 aliphatic rings. The van der Waals surface area contributed by atoms with E-state index in [1.807, 2.05) is 7.05 Å². The molecule has 0 bridgehead atoms. The number of rotatable bonds is 6. The molecule has 146 valence electrons. The topological polar surface area (TPSA) is 63.7 Å². The second kappa shape index (κ2) is 8.20. The highest BCUT2D eigenvalue weighted by molar-refractivity contribution is 8.03. The number of thiophene rings is 1. The molecular weight excluding hydrogens is 376 g/mol. The number of hydrogen-bond donors (Lipinski definition) is 1. The number of nitrogens with zero attached hydrogens (tertiary/aromatic N) is 3. The molecule has 0 saturated carbocycles. The summed E-state index contributed by atoms with van der Waals surface area (Å²) in [6.45, 7) is 10.7. The lowest BCUT2D eigenvalue weighted by atomic mass is 10.0. The zero-order valence-electron chi connectivity index (χ0n) is 16.9. The van der Waals surface area contributed by atoms with Gasteiger partial charge < -0.3 is 10.6 Å². The Bertz CT molecular complexity index is 917. The number of pyridine rings is 1. The van der Waals surface area contributed by atoms with Gasteiger partial charge in [-0.3, -0.25) is 0 Å². The molecule has 2 N–H and O–H groups in total. The minimum atomic E-state index is -0.235. The van der Waals surface area contributed by atoms with Crippen molar-refractivity contribution >= 4 is 44.9 Å². The molecule has 3 rings (SSSR count). The van der Waals surface area contributed by atoms with E-state index in [9.17, 15) is 0 Å². The van der Waals surface area contributed by atoms with Crippen LogP contribution >= 0.6 is 23.1 Å². The number of hydroxylamine groups is 2. The number of aliphatic imine (C=N–C) groups is 1. The quantitative estimate of drug-likeness (QED) is 0.700. The van der Waals surface area contributed by atoms with Crippen molar-refractivity contribution in [3.63, 3.8) is 0 Å². The number of nitrogen functional groups attached to an aromatic ring is 1. The van der Waals surface area contributed by atoms with Gasteiger partial charge in [0.05, 0.1) is 15.5 Å². The van der Waals surface area contributed by atoms with Gasteiger partial charge in [-0.15, -0.1) is 28.2 Å². The fourth-order valence-electron chi connectivity index (χ4n) is 3.32. The van der Waals surface area contributed by atoms with E-state index < -0.39 is 0 Å². The van der Waals surface area contributed by atoms with E-state index in [1.54, 1.807) is 28.2 Å². The SMILES string of the molecule is CC/C=C(\SCC)C1=NC(c2sc3nc(CC)c(C)c(C)c3c2N)N(C)O1. The van der Waals surface area contributed by atoms with E-state index in [-0.39, 0.29) is 6.17 Å². The van der Waals surface area contributed by atoms with E-state index in [4.69, 9.17) is 20.5 Å². The third-order valence-corrected chi connectivity index (χ3v) is 6.93. The molecule has 1 aliphatic heterocycles. The van der Waals surface area contributed by atoms with Gasteiger partial charge in [0.1, 0.15) is 4.83 Å². The molecule has 0 aliphatic carbocycles. The molecule has 0 amide bonds. The van der Waals surface area contributed by atoms with Crippen LogP contribution in [0.5, 0.6) is 0 Å². The summed E-state index contributed by atoms with van der Waals surface area (Å²) in [5, 5.41) is 2.85. The van der Waals surface area contributed by atoms with Crippen LogP contribution in [0.3, 0.4) is 0 Å². The largest absolute Gasteiger partial charge is 0.397 e. The second-order valence-electron chi connectivity index (χ2n) is 6.58. The smallest absolute Gasteiger partial charge is 0.249 e. The van der Waals surface area contributed by atoms with Gasteiger partial charge in [0.25, 0.3) is 0 Å². The van der Waals surface area contributed by atoms with E-state index in [2.05, 4.69) is 40.7 Å². The summed E-state index contributed by atoms with van der Waals surface area (Å²) in [7, 11) is 1.91. The molecule has 2 aromatic heterocycles. The van der Waals surface area contributed by atoms with Crippen molar-refractivity contribution in [3.05, 3.63) is 32.7 Å². The van der Waals surface area contributed by atoms with Crippen molar-refractivity contribution in [1.82, 2.24) is 10.0 Å². The Morgan fingerprint density at radius 3 is 2.67 bits per heavy atom. The van der Waals surface area contributed by atoms with Gasteiger partial charge in [-0.05, 0) is 43.6 Å². The van der Waals surface area contributed by atoms with Crippen LogP contribution < -0.4 is 5.73 Å². The first-order valence-electron chi connectivity index (χ1n) is 9.42. The number of thioether (sulfide) groups is 1. The minimum Gasteiger partial charge on any atom is -0.397 e. The Hall–Kier alpha value is -1.57. The number of aromatic nitrogens is 1. The summed E-state index contributed by atoms with van der Waals surface area (Å²) in [5.41, 5.74) is 10.9. The average Bonchev–Trinajstić information content (AvgIpc) is 3.18. The number of nitrogens with two attached hydrogens (primary N) is 1. The molecule has 27 heavy (non-hydrogen) atoms. The van der Waals surface area contributed by atoms with Gasteiger partial charge in [0.15, 0.2) is 6.17 Å².